The minimum atomic E-state index is -0.258. The van der Waals surface area contributed by atoms with Crippen LogP contribution in [0.5, 0.6) is 23.0 Å². The second kappa shape index (κ2) is 9.87. The molecule has 1 N–H and O–H groups in total. The van der Waals surface area contributed by atoms with Crippen LogP contribution >= 0.6 is 0 Å². The van der Waals surface area contributed by atoms with E-state index in [4.69, 9.17) is 18.9 Å². The van der Waals surface area contributed by atoms with Gasteiger partial charge in [-0.05, 0) is 31.2 Å². The van der Waals surface area contributed by atoms with Crippen LogP contribution in [0.4, 0.5) is 0 Å². The summed E-state index contributed by atoms with van der Waals surface area (Å²) in [5.74, 6) is 1.75. The van der Waals surface area contributed by atoms with Gasteiger partial charge in [0.05, 0.1) is 7.11 Å². The van der Waals surface area contributed by atoms with Gasteiger partial charge in [-0.15, -0.1) is 0 Å². The molecule has 30 heavy (non-hydrogen) atoms. The normalized spacial score (nSPS) is 12.1. The molecule has 0 bridgehead atoms. The third kappa shape index (κ3) is 4.76. The molecule has 2 aromatic carbocycles. The Balaban J connectivity index is 1.78. The van der Waals surface area contributed by atoms with Crippen molar-refractivity contribution in [1.29, 1.82) is 0 Å². The molecule has 0 saturated carbocycles. The van der Waals surface area contributed by atoms with Gasteiger partial charge in [0.2, 0.25) is 0 Å². The topological polar surface area (TPSA) is 86.3 Å². The highest BCUT2D eigenvalue weighted by atomic mass is 16.6. The smallest absolute Gasteiger partial charge is 0.257 e. The number of methoxy groups -OCH3 is 1. The van der Waals surface area contributed by atoms with Crippen molar-refractivity contribution in [2.75, 3.05) is 40.5 Å². The van der Waals surface area contributed by atoms with Crippen LogP contribution in [0, 0.1) is 0 Å². The Hall–Kier alpha value is -3.42. The Morgan fingerprint density at radius 1 is 1.13 bits per heavy atom. The predicted octanol–water partition coefficient (Wildman–Crippen LogP) is 2.25. The average Bonchev–Trinajstić information content (AvgIpc) is 2.80. The van der Waals surface area contributed by atoms with Crippen molar-refractivity contribution in [2.45, 2.75) is 13.5 Å². The van der Waals surface area contributed by atoms with Gasteiger partial charge < -0.3 is 29.2 Å². The molecule has 0 aromatic heterocycles. The van der Waals surface area contributed by atoms with E-state index in [1.54, 1.807) is 23.1 Å². The number of hydrogen-bond donors (Lipinski definition) is 1. The van der Waals surface area contributed by atoms with E-state index in [1.165, 1.54) is 14.2 Å². The molecule has 2 aromatic rings. The summed E-state index contributed by atoms with van der Waals surface area (Å²) in [6.07, 6.45) is 0. The number of hydrogen-bond acceptors (Lipinski definition) is 6. The summed E-state index contributed by atoms with van der Waals surface area (Å²) < 4.78 is 22.2. The van der Waals surface area contributed by atoms with Crippen molar-refractivity contribution in [2.24, 2.45) is 0 Å². The fourth-order valence-electron chi connectivity index (χ4n) is 3.11. The van der Waals surface area contributed by atoms with Gasteiger partial charge in [0, 0.05) is 31.3 Å². The van der Waals surface area contributed by atoms with Crippen LogP contribution in [0.25, 0.3) is 0 Å². The monoisotopic (exact) mass is 414 g/mol. The quantitative estimate of drug-likeness (QED) is 0.713. The third-order valence-electron chi connectivity index (χ3n) is 4.73. The first kappa shape index (κ1) is 21.3. The van der Waals surface area contributed by atoms with Crippen molar-refractivity contribution in [3.05, 3.63) is 47.5 Å². The molecule has 2 amide bonds. The second-order valence-corrected chi connectivity index (χ2v) is 6.59. The number of fused-ring (bicyclic) bond motifs is 1. The molecule has 1 aliphatic rings. The molecule has 0 fully saturated rings. The van der Waals surface area contributed by atoms with Crippen LogP contribution in [0.2, 0.25) is 0 Å². The molecule has 0 spiro atoms. The lowest BCUT2D eigenvalue weighted by Crippen LogP contribution is -2.31. The van der Waals surface area contributed by atoms with Crippen LogP contribution in [0.1, 0.15) is 22.8 Å². The van der Waals surface area contributed by atoms with Gasteiger partial charge in [0.25, 0.3) is 11.8 Å². The molecule has 8 nitrogen and oxygen atoms in total. The summed E-state index contributed by atoms with van der Waals surface area (Å²) in [5, 5.41) is 2.48. The third-order valence-corrected chi connectivity index (χ3v) is 4.73. The van der Waals surface area contributed by atoms with E-state index >= 15 is 0 Å². The minimum absolute atomic E-state index is 0.136. The lowest BCUT2D eigenvalue weighted by Gasteiger charge is -2.25. The second-order valence-electron chi connectivity index (χ2n) is 6.59. The van der Waals surface area contributed by atoms with Crippen LogP contribution in [-0.2, 0) is 11.3 Å². The largest absolute Gasteiger partial charge is 0.493 e. The van der Waals surface area contributed by atoms with Crippen LogP contribution in [0.3, 0.4) is 0 Å². The summed E-state index contributed by atoms with van der Waals surface area (Å²) in [4.78, 5) is 26.3. The van der Waals surface area contributed by atoms with Crippen molar-refractivity contribution in [3.63, 3.8) is 0 Å². The molecular formula is C22H26N2O6. The lowest BCUT2D eigenvalue weighted by atomic mass is 10.1. The van der Waals surface area contributed by atoms with Gasteiger partial charge in [-0.2, -0.15) is 0 Å². The van der Waals surface area contributed by atoms with Gasteiger partial charge in [0.1, 0.15) is 13.2 Å². The maximum absolute atomic E-state index is 13.1. The van der Waals surface area contributed by atoms with Crippen LogP contribution in [0.15, 0.2) is 36.4 Å². The number of carbonyl (C=O) groups excluding carboxylic acids is 2. The van der Waals surface area contributed by atoms with Crippen LogP contribution in [-0.4, -0.2) is 57.2 Å². The number of ether oxygens (including phenoxy) is 4. The maximum Gasteiger partial charge on any atom is 0.257 e. The Labute approximate surface area is 175 Å². The zero-order valence-corrected chi connectivity index (χ0v) is 17.4. The number of nitrogens with one attached hydrogen (secondary N) is 1. The summed E-state index contributed by atoms with van der Waals surface area (Å²) in [7, 11) is 3.02. The molecule has 160 valence electrons. The SMILES string of the molecule is CCN(Cc1cccc2c1OCCO2)C(=O)c1ccc(OCC(=O)NC)c(OC)c1. The van der Waals surface area contributed by atoms with Crippen LogP contribution < -0.4 is 24.3 Å². The molecule has 1 aliphatic heterocycles. The molecule has 0 radical (unpaired) electrons. The van der Waals surface area contributed by atoms with Crippen molar-refractivity contribution in [1.82, 2.24) is 10.2 Å². The maximum atomic E-state index is 13.1. The van der Waals surface area contributed by atoms with Gasteiger partial charge in [-0.3, -0.25) is 9.59 Å². The van der Waals surface area contributed by atoms with E-state index in [1.807, 2.05) is 25.1 Å². The van der Waals surface area contributed by atoms with Gasteiger partial charge >= 0.3 is 0 Å². The number of carbonyl (C=O) groups is 2. The fourth-order valence-corrected chi connectivity index (χ4v) is 3.11. The van der Waals surface area contributed by atoms with Crippen molar-refractivity contribution < 1.29 is 28.5 Å². The summed E-state index contributed by atoms with van der Waals surface area (Å²) in [6.45, 7) is 3.69. The standard InChI is InChI=1S/C22H26N2O6/c1-4-24(13-16-6-5-7-18-21(16)29-11-10-28-18)22(26)15-8-9-17(19(12-15)27-3)30-14-20(25)23-2/h5-9,12H,4,10-11,13-14H2,1-3H3,(H,23,25). The summed E-state index contributed by atoms with van der Waals surface area (Å²) in [6, 6.07) is 10.6. The number of nitrogens with zero attached hydrogens (tertiary/aromatic N) is 1. The molecule has 8 heteroatoms. The zero-order valence-electron chi connectivity index (χ0n) is 17.4. The first-order valence-corrected chi connectivity index (χ1v) is 9.75. The van der Waals surface area contributed by atoms with Gasteiger partial charge in [-0.1, -0.05) is 12.1 Å². The Bertz CT molecular complexity index is 914. The van der Waals surface area contributed by atoms with Gasteiger partial charge in [-0.25, -0.2) is 0 Å². The predicted molar refractivity (Wildman–Crippen MR) is 110 cm³/mol. The number of para-hydroxylation sites is 1. The van der Waals surface area contributed by atoms with E-state index in [9.17, 15) is 9.59 Å². The Kier molecular flexibility index (Phi) is 7.00. The molecule has 0 saturated heterocycles. The highest BCUT2D eigenvalue weighted by Crippen LogP contribution is 2.35. The van der Waals surface area contributed by atoms with E-state index < -0.39 is 0 Å². The zero-order chi connectivity index (χ0) is 21.5. The number of amides is 2. The Morgan fingerprint density at radius 3 is 2.67 bits per heavy atom. The average molecular weight is 414 g/mol. The Morgan fingerprint density at radius 2 is 1.93 bits per heavy atom. The van der Waals surface area contributed by atoms with E-state index in [0.717, 1.165) is 5.56 Å². The molecule has 3 rings (SSSR count). The van der Waals surface area contributed by atoms with Gasteiger partial charge in [0.15, 0.2) is 29.6 Å². The highest BCUT2D eigenvalue weighted by Gasteiger charge is 2.21. The first-order valence-electron chi connectivity index (χ1n) is 9.75. The van der Waals surface area contributed by atoms with Crippen molar-refractivity contribution >= 4 is 11.8 Å². The first-order chi connectivity index (χ1) is 14.6. The van der Waals surface area contributed by atoms with E-state index in [0.29, 0.717) is 54.9 Å². The molecule has 0 unspecified atom stereocenters. The minimum Gasteiger partial charge on any atom is -0.493 e. The number of rotatable bonds is 8. The van der Waals surface area contributed by atoms with Crippen molar-refractivity contribution in [3.8, 4) is 23.0 Å². The number of benzene rings is 2. The molecular weight excluding hydrogens is 388 g/mol. The highest BCUT2D eigenvalue weighted by molar-refractivity contribution is 5.95. The summed E-state index contributed by atoms with van der Waals surface area (Å²) in [5.41, 5.74) is 1.35. The molecule has 0 atom stereocenters. The molecule has 1 heterocycles. The summed E-state index contributed by atoms with van der Waals surface area (Å²) >= 11 is 0. The number of likely N-dealkylation sites (N-methyl/N-ethyl adjacent to an activating group) is 1. The van der Waals surface area contributed by atoms with E-state index in [-0.39, 0.29) is 18.4 Å². The van der Waals surface area contributed by atoms with E-state index in [2.05, 4.69) is 5.32 Å². The molecule has 0 aliphatic carbocycles. The lowest BCUT2D eigenvalue weighted by molar-refractivity contribution is -0.122. The fraction of sp³-hybridized carbons (Fsp3) is 0.364.